The molecule has 0 amide bonds. The van der Waals surface area contributed by atoms with E-state index in [2.05, 4.69) is 51.3 Å². The van der Waals surface area contributed by atoms with Gasteiger partial charge in [0.1, 0.15) is 0 Å². The van der Waals surface area contributed by atoms with Crippen molar-refractivity contribution in [2.45, 2.75) is 38.8 Å². The van der Waals surface area contributed by atoms with E-state index in [-0.39, 0.29) is 6.10 Å². The first-order valence-corrected chi connectivity index (χ1v) is 13.9. The number of piperazine rings is 1. The lowest BCUT2D eigenvalue weighted by molar-refractivity contribution is 0.0791. The smallest absolute Gasteiger partial charge is 0.228 e. The molecule has 1 fully saturated rings. The highest BCUT2D eigenvalue weighted by atomic mass is 16.3. The molecular weight excluding hydrogens is 490 g/mol. The molecule has 0 spiro atoms. The van der Waals surface area contributed by atoms with Gasteiger partial charge in [-0.15, -0.1) is 0 Å². The van der Waals surface area contributed by atoms with E-state index >= 15 is 0 Å². The Morgan fingerprint density at radius 3 is 2.56 bits per heavy atom. The number of aliphatic hydroxyl groups excluding tert-OH is 1. The Morgan fingerprint density at radius 1 is 1.03 bits per heavy atom. The zero-order valence-electron chi connectivity index (χ0n) is 23.0. The molecule has 10 nitrogen and oxygen atoms in total. The first kappa shape index (κ1) is 25.7. The van der Waals surface area contributed by atoms with Crippen LogP contribution in [0.2, 0.25) is 0 Å². The number of anilines is 2. The fraction of sp³-hybridized carbons (Fsp3) is 0.448. The van der Waals surface area contributed by atoms with Gasteiger partial charge >= 0.3 is 0 Å². The third kappa shape index (κ3) is 5.45. The number of aromatic nitrogens is 6. The molecule has 0 saturated carbocycles. The first-order valence-electron chi connectivity index (χ1n) is 13.9. The molecule has 4 heterocycles. The van der Waals surface area contributed by atoms with E-state index in [1.807, 2.05) is 47.9 Å². The van der Waals surface area contributed by atoms with Gasteiger partial charge in [0.05, 0.1) is 29.7 Å². The fourth-order valence-electron chi connectivity index (χ4n) is 5.79. The van der Waals surface area contributed by atoms with Gasteiger partial charge in [0.2, 0.25) is 5.95 Å². The summed E-state index contributed by atoms with van der Waals surface area (Å²) in [6.07, 6.45) is 4.55. The minimum atomic E-state index is -0.272. The van der Waals surface area contributed by atoms with Crippen LogP contribution in [0.4, 0.5) is 11.8 Å². The second-order valence-electron chi connectivity index (χ2n) is 10.8. The maximum Gasteiger partial charge on any atom is 0.228 e. The standard InChI is InChI=1S/C29H37N9O/c1-20-17-24-26(28(35(3)33-24)22-7-5-4-6-8-22)27-23(20)18-30-29(32-27)31-25-9-10-38(34-25)16-15-36-11-13-37(14-12-36)19-21(2)39/h4-10,18,20-21,39H,11-17,19H2,1-3H3,(H,30,31,32,34)/t20-,21?/m1/s1. The van der Waals surface area contributed by atoms with Crippen LogP contribution in [0.5, 0.6) is 0 Å². The largest absolute Gasteiger partial charge is 0.392 e. The molecule has 2 atom stereocenters. The van der Waals surface area contributed by atoms with E-state index in [1.54, 1.807) is 0 Å². The zero-order valence-corrected chi connectivity index (χ0v) is 23.0. The Labute approximate surface area is 229 Å². The summed E-state index contributed by atoms with van der Waals surface area (Å²) < 4.78 is 3.95. The molecule has 1 saturated heterocycles. The van der Waals surface area contributed by atoms with Crippen molar-refractivity contribution in [1.82, 2.24) is 39.3 Å². The highest BCUT2D eigenvalue weighted by molar-refractivity contribution is 5.84. The summed E-state index contributed by atoms with van der Waals surface area (Å²) in [6, 6.07) is 12.4. The maximum absolute atomic E-state index is 9.62. The van der Waals surface area contributed by atoms with Crippen molar-refractivity contribution in [2.75, 3.05) is 44.6 Å². The van der Waals surface area contributed by atoms with E-state index in [9.17, 15) is 5.11 Å². The molecule has 0 bridgehead atoms. The Kier molecular flexibility index (Phi) is 7.16. The van der Waals surface area contributed by atoms with Crippen LogP contribution in [0.15, 0.2) is 48.8 Å². The molecule has 2 aliphatic rings. The number of nitrogens with zero attached hydrogens (tertiary/aromatic N) is 8. The lowest BCUT2D eigenvalue weighted by Crippen LogP contribution is -2.48. The third-order valence-electron chi connectivity index (χ3n) is 7.76. The number of hydrogen-bond acceptors (Lipinski definition) is 8. The van der Waals surface area contributed by atoms with E-state index in [0.717, 1.165) is 91.8 Å². The number of nitrogens with one attached hydrogen (secondary N) is 1. The SMILES string of the molecule is CC(O)CN1CCN(CCn2ccc(Nc3ncc4c(n3)-c3c(nn(C)c3-c3ccccc3)C[C@H]4C)n2)CC1. The number of fused-ring (bicyclic) bond motifs is 3. The predicted molar refractivity (Wildman–Crippen MR) is 152 cm³/mol. The van der Waals surface area contributed by atoms with Gasteiger partial charge in [-0.25, -0.2) is 9.97 Å². The number of aryl methyl sites for hydroxylation is 1. The fourth-order valence-corrected chi connectivity index (χ4v) is 5.79. The summed E-state index contributed by atoms with van der Waals surface area (Å²) in [5.74, 6) is 1.57. The molecule has 1 unspecified atom stereocenters. The van der Waals surface area contributed by atoms with Gasteiger partial charge in [-0.1, -0.05) is 37.3 Å². The third-order valence-corrected chi connectivity index (χ3v) is 7.76. The van der Waals surface area contributed by atoms with Gasteiger partial charge in [0, 0.05) is 81.5 Å². The maximum atomic E-state index is 9.62. The van der Waals surface area contributed by atoms with Crippen LogP contribution in [-0.2, 0) is 20.0 Å². The van der Waals surface area contributed by atoms with Gasteiger partial charge in [-0.3, -0.25) is 19.2 Å². The molecule has 39 heavy (non-hydrogen) atoms. The minimum Gasteiger partial charge on any atom is -0.392 e. The van der Waals surface area contributed by atoms with Crippen molar-refractivity contribution in [3.63, 3.8) is 0 Å². The van der Waals surface area contributed by atoms with E-state index in [0.29, 0.717) is 11.9 Å². The van der Waals surface area contributed by atoms with Gasteiger partial charge in [-0.2, -0.15) is 10.2 Å². The van der Waals surface area contributed by atoms with Crippen molar-refractivity contribution in [1.29, 1.82) is 0 Å². The summed E-state index contributed by atoms with van der Waals surface area (Å²) in [5, 5.41) is 22.5. The highest BCUT2D eigenvalue weighted by Gasteiger charge is 2.30. The number of benzene rings is 1. The summed E-state index contributed by atoms with van der Waals surface area (Å²) in [7, 11) is 2.01. The second kappa shape index (κ2) is 10.9. The van der Waals surface area contributed by atoms with Crippen molar-refractivity contribution >= 4 is 11.8 Å². The van der Waals surface area contributed by atoms with Crippen LogP contribution < -0.4 is 5.32 Å². The van der Waals surface area contributed by atoms with Gasteiger partial charge < -0.3 is 10.4 Å². The van der Waals surface area contributed by atoms with Crippen LogP contribution in [0.25, 0.3) is 22.5 Å². The van der Waals surface area contributed by atoms with E-state index in [4.69, 9.17) is 15.2 Å². The van der Waals surface area contributed by atoms with Gasteiger partial charge in [0.25, 0.3) is 0 Å². The van der Waals surface area contributed by atoms with Crippen LogP contribution in [0, 0.1) is 0 Å². The molecule has 4 aromatic rings. The molecule has 204 valence electrons. The Morgan fingerprint density at radius 2 is 1.79 bits per heavy atom. The summed E-state index contributed by atoms with van der Waals surface area (Å²) in [5.41, 5.74) is 6.49. The number of rotatable bonds is 8. The normalized spacial score (nSPS) is 18.5. The van der Waals surface area contributed by atoms with Crippen LogP contribution >= 0.6 is 0 Å². The molecule has 6 rings (SSSR count). The Hall–Kier alpha value is -3.60. The Balaban J connectivity index is 1.16. The first-order chi connectivity index (χ1) is 18.9. The average molecular weight is 528 g/mol. The zero-order chi connectivity index (χ0) is 26.9. The van der Waals surface area contributed by atoms with Crippen molar-refractivity contribution < 1.29 is 5.11 Å². The van der Waals surface area contributed by atoms with Crippen LogP contribution in [-0.4, -0.2) is 89.8 Å². The van der Waals surface area contributed by atoms with Gasteiger partial charge in [-0.05, 0) is 19.3 Å². The highest BCUT2D eigenvalue weighted by Crippen LogP contribution is 2.43. The predicted octanol–water partition coefficient (Wildman–Crippen LogP) is 3.14. The topological polar surface area (TPSA) is 100 Å². The van der Waals surface area contributed by atoms with Gasteiger partial charge in [0.15, 0.2) is 5.82 Å². The van der Waals surface area contributed by atoms with Crippen LogP contribution in [0.1, 0.15) is 31.0 Å². The quantitative estimate of drug-likeness (QED) is 0.361. The molecule has 0 radical (unpaired) electrons. The van der Waals surface area contributed by atoms with E-state index in [1.165, 1.54) is 0 Å². The molecule has 1 aliphatic heterocycles. The van der Waals surface area contributed by atoms with Crippen LogP contribution in [0.3, 0.4) is 0 Å². The number of aliphatic hydroxyl groups is 1. The summed E-state index contributed by atoms with van der Waals surface area (Å²) in [6.45, 7) is 10.6. The van der Waals surface area contributed by atoms with Crippen molar-refractivity contribution in [3.05, 3.63) is 60.0 Å². The summed E-state index contributed by atoms with van der Waals surface area (Å²) >= 11 is 0. The number of β-amino-alcohol motifs (C(OH)–C–C–N with tert-alkyl or cyclic N) is 1. The lowest BCUT2D eigenvalue weighted by Gasteiger charge is -2.35. The molecule has 3 aromatic heterocycles. The molecular formula is C29H37N9O. The number of hydrogen-bond donors (Lipinski definition) is 2. The monoisotopic (exact) mass is 527 g/mol. The lowest BCUT2D eigenvalue weighted by atomic mass is 9.85. The average Bonchev–Trinajstić information content (AvgIpc) is 3.51. The van der Waals surface area contributed by atoms with E-state index < -0.39 is 0 Å². The second-order valence-corrected chi connectivity index (χ2v) is 10.8. The van der Waals surface area contributed by atoms with Crippen molar-refractivity contribution in [3.8, 4) is 22.5 Å². The van der Waals surface area contributed by atoms with Crippen molar-refractivity contribution in [2.24, 2.45) is 7.05 Å². The minimum absolute atomic E-state index is 0.272. The molecule has 2 N–H and O–H groups in total. The summed E-state index contributed by atoms with van der Waals surface area (Å²) in [4.78, 5) is 14.4. The molecule has 1 aromatic carbocycles. The molecule has 1 aliphatic carbocycles. The Bertz CT molecular complexity index is 1420. The molecule has 10 heteroatoms.